The summed E-state index contributed by atoms with van der Waals surface area (Å²) in [6, 6.07) is -1.39. The van der Waals surface area contributed by atoms with Gasteiger partial charge >= 0.3 is 12.1 Å². The third-order valence-corrected chi connectivity index (χ3v) is 2.34. The molecule has 1 rings (SSSR count). The van der Waals surface area contributed by atoms with Gasteiger partial charge < -0.3 is 19.9 Å². The van der Waals surface area contributed by atoms with Crippen molar-refractivity contribution in [1.29, 1.82) is 0 Å². The predicted octanol–water partition coefficient (Wildman–Crippen LogP) is -1.17. The van der Waals surface area contributed by atoms with Crippen LogP contribution in [0.25, 0.3) is 0 Å². The van der Waals surface area contributed by atoms with Gasteiger partial charge in [-0.25, -0.2) is 9.59 Å². The van der Waals surface area contributed by atoms with Gasteiger partial charge in [-0.2, -0.15) is 0 Å². The van der Waals surface area contributed by atoms with Gasteiger partial charge in [0.2, 0.25) is 5.91 Å². The average Bonchev–Trinajstić information content (AvgIpc) is 2.62. The highest BCUT2D eigenvalue weighted by atomic mass is 16.6. The summed E-state index contributed by atoms with van der Waals surface area (Å²) in [5, 5.41) is 13.2. The third-order valence-electron chi connectivity index (χ3n) is 2.34. The van der Waals surface area contributed by atoms with Gasteiger partial charge in [-0.1, -0.05) is 0 Å². The topological polar surface area (TPSA) is 131 Å². The maximum Gasteiger partial charge on any atom is 0.408 e. The van der Waals surface area contributed by atoms with Crippen molar-refractivity contribution in [1.82, 2.24) is 10.6 Å². The number of esters is 1. The number of rotatable bonds is 4. The Morgan fingerprint density at radius 1 is 1.43 bits per heavy atom. The smallest absolute Gasteiger partial charge is 0.408 e. The van der Waals surface area contributed by atoms with Crippen LogP contribution in [0.15, 0.2) is 0 Å². The Morgan fingerprint density at radius 3 is 2.48 bits per heavy atom. The molecule has 1 saturated heterocycles. The van der Waals surface area contributed by atoms with Gasteiger partial charge in [0.1, 0.15) is 5.60 Å². The second-order valence-corrected chi connectivity index (χ2v) is 5.42. The monoisotopic (exact) mass is 302 g/mol. The fourth-order valence-electron chi connectivity index (χ4n) is 1.48. The van der Waals surface area contributed by atoms with E-state index in [2.05, 4.69) is 5.32 Å². The Labute approximate surface area is 121 Å². The molecule has 21 heavy (non-hydrogen) atoms. The molecule has 3 amide bonds. The van der Waals surface area contributed by atoms with Gasteiger partial charge in [0, 0.05) is 0 Å². The Kier molecular flexibility index (Phi) is 5.25. The first kappa shape index (κ1) is 16.9. The first-order chi connectivity index (χ1) is 9.62. The standard InChI is InChI=1S/C12H18N2O7/c1-12(2,3)21-11(19)13-6(5-15)10(18)20-7-4-8(16)14-9(7)17/h6-7,15H,4-5H2,1-3H3,(H,13,19)(H,14,16,17)/t6-,7-/m0/s1. The molecular weight excluding hydrogens is 284 g/mol. The van der Waals surface area contributed by atoms with Gasteiger partial charge in [0.15, 0.2) is 12.1 Å². The molecule has 118 valence electrons. The minimum atomic E-state index is -1.39. The minimum absolute atomic E-state index is 0.283. The van der Waals surface area contributed by atoms with Crippen LogP contribution in [0.3, 0.4) is 0 Å². The zero-order chi connectivity index (χ0) is 16.2. The summed E-state index contributed by atoms with van der Waals surface area (Å²) in [6.07, 6.45) is -2.44. The highest BCUT2D eigenvalue weighted by Crippen LogP contribution is 2.09. The maximum absolute atomic E-state index is 11.7. The molecule has 9 heteroatoms. The molecule has 0 saturated carbocycles. The summed E-state index contributed by atoms with van der Waals surface area (Å²) in [4.78, 5) is 45.5. The zero-order valence-corrected chi connectivity index (χ0v) is 12.0. The van der Waals surface area contributed by atoms with Gasteiger partial charge in [-0.15, -0.1) is 0 Å². The van der Waals surface area contributed by atoms with E-state index in [0.717, 1.165) is 0 Å². The largest absolute Gasteiger partial charge is 0.450 e. The molecule has 0 aromatic rings. The molecule has 1 heterocycles. The molecule has 0 aromatic heterocycles. The van der Waals surface area contributed by atoms with Crippen LogP contribution in [0.2, 0.25) is 0 Å². The van der Waals surface area contributed by atoms with Crippen molar-refractivity contribution in [3.05, 3.63) is 0 Å². The Morgan fingerprint density at radius 2 is 2.05 bits per heavy atom. The molecule has 0 spiro atoms. The Hall–Kier alpha value is -2.16. The van der Waals surface area contributed by atoms with Crippen molar-refractivity contribution in [3.63, 3.8) is 0 Å². The lowest BCUT2D eigenvalue weighted by molar-refractivity contribution is -0.156. The number of carbonyl (C=O) groups is 4. The summed E-state index contributed by atoms with van der Waals surface area (Å²) in [5.41, 5.74) is -0.772. The van der Waals surface area contributed by atoms with E-state index in [9.17, 15) is 19.2 Å². The number of aliphatic hydroxyl groups is 1. The molecule has 3 N–H and O–H groups in total. The van der Waals surface area contributed by atoms with Crippen molar-refractivity contribution in [2.45, 2.75) is 44.9 Å². The van der Waals surface area contributed by atoms with E-state index in [1.165, 1.54) is 0 Å². The lowest BCUT2D eigenvalue weighted by atomic mass is 10.2. The van der Waals surface area contributed by atoms with E-state index in [0.29, 0.717) is 0 Å². The fraction of sp³-hybridized carbons (Fsp3) is 0.667. The van der Waals surface area contributed by atoms with Gasteiger partial charge in [0.05, 0.1) is 13.0 Å². The zero-order valence-electron chi connectivity index (χ0n) is 12.0. The number of hydrogen-bond donors (Lipinski definition) is 3. The van der Waals surface area contributed by atoms with Crippen LogP contribution in [-0.4, -0.2) is 53.3 Å². The van der Waals surface area contributed by atoms with Crippen LogP contribution in [0.5, 0.6) is 0 Å². The van der Waals surface area contributed by atoms with Crippen LogP contribution < -0.4 is 10.6 Å². The second-order valence-electron chi connectivity index (χ2n) is 5.42. The van der Waals surface area contributed by atoms with Crippen molar-refractivity contribution in [2.75, 3.05) is 6.61 Å². The molecule has 0 radical (unpaired) electrons. The molecule has 1 aliphatic heterocycles. The summed E-state index contributed by atoms with van der Waals surface area (Å²) in [7, 11) is 0. The number of nitrogens with one attached hydrogen (secondary N) is 2. The Bertz CT molecular complexity index is 455. The number of ether oxygens (including phenoxy) is 2. The minimum Gasteiger partial charge on any atom is -0.450 e. The molecule has 9 nitrogen and oxygen atoms in total. The SMILES string of the molecule is CC(C)(C)OC(=O)N[C@@H](CO)C(=O)O[C@H]1CC(=O)NC1=O. The number of hydrogen-bond acceptors (Lipinski definition) is 7. The third kappa shape index (κ3) is 5.38. The van der Waals surface area contributed by atoms with Crippen LogP contribution in [0, 0.1) is 0 Å². The molecule has 0 aliphatic carbocycles. The van der Waals surface area contributed by atoms with Crippen molar-refractivity contribution < 1.29 is 33.8 Å². The summed E-state index contributed by atoms with van der Waals surface area (Å²) in [5.74, 6) is -2.32. The van der Waals surface area contributed by atoms with E-state index in [-0.39, 0.29) is 6.42 Å². The molecule has 0 aromatic carbocycles. The molecule has 0 bridgehead atoms. The average molecular weight is 302 g/mol. The Balaban J connectivity index is 2.55. The number of aliphatic hydroxyl groups excluding tert-OH is 1. The quantitative estimate of drug-likeness (QED) is 0.440. The molecule has 2 atom stereocenters. The summed E-state index contributed by atoms with van der Waals surface area (Å²) >= 11 is 0. The number of alkyl carbamates (subject to hydrolysis) is 1. The number of imide groups is 1. The molecule has 1 aliphatic rings. The number of carbonyl (C=O) groups excluding carboxylic acids is 4. The first-order valence-corrected chi connectivity index (χ1v) is 6.27. The highest BCUT2D eigenvalue weighted by Gasteiger charge is 2.36. The van der Waals surface area contributed by atoms with E-state index in [1.54, 1.807) is 20.8 Å². The van der Waals surface area contributed by atoms with Crippen molar-refractivity contribution in [3.8, 4) is 0 Å². The predicted molar refractivity (Wildman–Crippen MR) is 67.9 cm³/mol. The van der Waals surface area contributed by atoms with Crippen LogP contribution in [0.4, 0.5) is 4.79 Å². The maximum atomic E-state index is 11.7. The van der Waals surface area contributed by atoms with E-state index in [1.807, 2.05) is 5.32 Å². The lowest BCUT2D eigenvalue weighted by Crippen LogP contribution is -2.47. The number of amides is 3. The van der Waals surface area contributed by atoms with Crippen LogP contribution in [0.1, 0.15) is 27.2 Å². The van der Waals surface area contributed by atoms with Crippen molar-refractivity contribution >= 4 is 23.9 Å². The lowest BCUT2D eigenvalue weighted by Gasteiger charge is -2.22. The van der Waals surface area contributed by atoms with Crippen LogP contribution in [-0.2, 0) is 23.9 Å². The first-order valence-electron chi connectivity index (χ1n) is 6.27. The van der Waals surface area contributed by atoms with E-state index < -0.39 is 48.2 Å². The van der Waals surface area contributed by atoms with Crippen LogP contribution >= 0.6 is 0 Å². The van der Waals surface area contributed by atoms with Gasteiger partial charge in [-0.3, -0.25) is 14.9 Å². The van der Waals surface area contributed by atoms with E-state index >= 15 is 0 Å². The van der Waals surface area contributed by atoms with E-state index in [4.69, 9.17) is 14.6 Å². The summed E-state index contributed by atoms with van der Waals surface area (Å²) < 4.78 is 9.70. The fourth-order valence-corrected chi connectivity index (χ4v) is 1.48. The summed E-state index contributed by atoms with van der Waals surface area (Å²) in [6.45, 7) is 4.16. The van der Waals surface area contributed by atoms with Gasteiger partial charge in [0.25, 0.3) is 5.91 Å². The second kappa shape index (κ2) is 6.53. The molecular formula is C12H18N2O7. The molecule has 0 unspecified atom stereocenters. The van der Waals surface area contributed by atoms with Crippen molar-refractivity contribution in [2.24, 2.45) is 0 Å². The van der Waals surface area contributed by atoms with Gasteiger partial charge in [-0.05, 0) is 20.8 Å². The molecule has 1 fully saturated rings. The highest BCUT2D eigenvalue weighted by molar-refractivity contribution is 6.05. The normalized spacial score (nSPS) is 19.7.